The molecule has 0 saturated carbocycles. The van der Waals surface area contributed by atoms with E-state index in [4.69, 9.17) is 9.94 Å². The van der Waals surface area contributed by atoms with E-state index in [0.717, 1.165) is 19.3 Å². The van der Waals surface area contributed by atoms with Crippen molar-refractivity contribution in [2.75, 3.05) is 33.4 Å². The molecule has 8 heteroatoms. The highest BCUT2D eigenvalue weighted by Crippen LogP contribution is 2.16. The number of nitrogens with zero attached hydrogens (tertiary/aromatic N) is 2. The Morgan fingerprint density at radius 1 is 1.36 bits per heavy atom. The maximum absolute atomic E-state index is 12.2. The molecule has 0 unspecified atom stereocenters. The third-order valence-electron chi connectivity index (χ3n) is 3.41. The molecule has 1 fully saturated rings. The van der Waals surface area contributed by atoms with E-state index in [9.17, 15) is 9.59 Å². The molecule has 1 saturated heterocycles. The van der Waals surface area contributed by atoms with Crippen molar-refractivity contribution in [2.45, 2.75) is 38.6 Å². The first-order valence-electron chi connectivity index (χ1n) is 7.66. The van der Waals surface area contributed by atoms with E-state index in [-0.39, 0.29) is 31.6 Å². The van der Waals surface area contributed by atoms with Gasteiger partial charge < -0.3 is 25.5 Å². The number of oxime groups is 1. The zero-order valence-corrected chi connectivity index (χ0v) is 13.3. The predicted molar refractivity (Wildman–Crippen MR) is 82.6 cm³/mol. The lowest BCUT2D eigenvalue weighted by molar-refractivity contribution is -0.124. The molecule has 0 aromatic heterocycles. The van der Waals surface area contributed by atoms with Crippen LogP contribution in [0.2, 0.25) is 0 Å². The Hall–Kier alpha value is -1.83. The summed E-state index contributed by atoms with van der Waals surface area (Å²) in [5.41, 5.74) is 0.648. The smallest absolute Gasteiger partial charge is 0.318 e. The first-order chi connectivity index (χ1) is 10.6. The topological polar surface area (TPSA) is 103 Å². The monoisotopic (exact) mass is 314 g/mol. The average molecular weight is 314 g/mol. The number of carbonyl (C=O) groups excluding carboxylic acids is 2. The van der Waals surface area contributed by atoms with Crippen molar-refractivity contribution in [3.8, 4) is 0 Å². The standard InChI is InChI=1S/C14H26N4O4/c1-3-4-5-6-16-14(21)18-10-11(17-22-2)9-12(18)13(20)15-7-8-19/h12,19H,3-10H2,1-2H3,(H,15,20)(H,16,21)/t12-/m0/s1. The lowest BCUT2D eigenvalue weighted by Crippen LogP contribution is -2.50. The predicted octanol–water partition coefficient (Wildman–Crippen LogP) is 0.0714. The number of rotatable bonds is 8. The molecule has 1 heterocycles. The molecule has 0 aromatic carbocycles. The van der Waals surface area contributed by atoms with Gasteiger partial charge in [-0.05, 0) is 6.42 Å². The molecule has 0 aliphatic carbocycles. The van der Waals surface area contributed by atoms with Gasteiger partial charge in [0.15, 0.2) is 0 Å². The lowest BCUT2D eigenvalue weighted by atomic mass is 10.2. The minimum Gasteiger partial charge on any atom is -0.399 e. The Bertz CT molecular complexity index is 400. The number of likely N-dealkylation sites (tertiary alicyclic amines) is 1. The largest absolute Gasteiger partial charge is 0.399 e. The molecule has 0 radical (unpaired) electrons. The quantitative estimate of drug-likeness (QED) is 0.436. The highest BCUT2D eigenvalue weighted by Gasteiger charge is 2.37. The highest BCUT2D eigenvalue weighted by atomic mass is 16.6. The maximum Gasteiger partial charge on any atom is 0.318 e. The third-order valence-corrected chi connectivity index (χ3v) is 3.41. The second-order valence-corrected chi connectivity index (χ2v) is 5.14. The molecule has 8 nitrogen and oxygen atoms in total. The van der Waals surface area contributed by atoms with Gasteiger partial charge in [0.2, 0.25) is 5.91 Å². The zero-order chi connectivity index (χ0) is 16.4. The second kappa shape index (κ2) is 9.99. The van der Waals surface area contributed by atoms with Crippen molar-refractivity contribution in [3.05, 3.63) is 0 Å². The van der Waals surface area contributed by atoms with E-state index >= 15 is 0 Å². The first kappa shape index (κ1) is 18.2. The van der Waals surface area contributed by atoms with Crippen molar-refractivity contribution in [2.24, 2.45) is 5.16 Å². The minimum absolute atomic E-state index is 0.138. The Kier molecular flexibility index (Phi) is 8.27. The van der Waals surface area contributed by atoms with Gasteiger partial charge in [0.1, 0.15) is 13.2 Å². The highest BCUT2D eigenvalue weighted by molar-refractivity contribution is 6.00. The van der Waals surface area contributed by atoms with Gasteiger partial charge in [0.05, 0.1) is 18.9 Å². The van der Waals surface area contributed by atoms with Gasteiger partial charge in [0, 0.05) is 19.5 Å². The first-order valence-corrected chi connectivity index (χ1v) is 7.66. The van der Waals surface area contributed by atoms with Crippen LogP contribution in [0.15, 0.2) is 5.16 Å². The van der Waals surface area contributed by atoms with Crippen LogP contribution in [0.3, 0.4) is 0 Å². The second-order valence-electron chi connectivity index (χ2n) is 5.14. The molecule has 126 valence electrons. The van der Waals surface area contributed by atoms with Gasteiger partial charge in [0.25, 0.3) is 0 Å². The lowest BCUT2D eigenvalue weighted by Gasteiger charge is -2.23. The molecule has 22 heavy (non-hydrogen) atoms. The Morgan fingerprint density at radius 2 is 2.14 bits per heavy atom. The number of carbonyl (C=O) groups is 2. The number of hydrogen-bond acceptors (Lipinski definition) is 5. The number of hydrogen-bond donors (Lipinski definition) is 3. The summed E-state index contributed by atoms with van der Waals surface area (Å²) in [6, 6.07) is -0.895. The van der Waals surface area contributed by atoms with Crippen molar-refractivity contribution in [3.63, 3.8) is 0 Å². The molecule has 0 bridgehead atoms. The molecule has 0 spiro atoms. The van der Waals surface area contributed by atoms with E-state index in [1.54, 1.807) is 0 Å². The van der Waals surface area contributed by atoms with Gasteiger partial charge in [-0.3, -0.25) is 4.79 Å². The van der Waals surface area contributed by atoms with E-state index in [2.05, 4.69) is 22.7 Å². The van der Waals surface area contributed by atoms with Crippen LogP contribution in [0.1, 0.15) is 32.6 Å². The zero-order valence-electron chi connectivity index (χ0n) is 13.3. The summed E-state index contributed by atoms with van der Waals surface area (Å²) in [6.45, 7) is 2.98. The van der Waals surface area contributed by atoms with Gasteiger partial charge >= 0.3 is 6.03 Å². The van der Waals surface area contributed by atoms with E-state index in [1.807, 2.05) is 0 Å². The van der Waals surface area contributed by atoms with Crippen LogP contribution in [0.4, 0.5) is 4.79 Å². The Labute approximate surface area is 130 Å². The molecule has 1 rings (SSSR count). The van der Waals surface area contributed by atoms with Crippen molar-refractivity contribution >= 4 is 17.6 Å². The van der Waals surface area contributed by atoms with Gasteiger partial charge in [-0.1, -0.05) is 24.9 Å². The van der Waals surface area contributed by atoms with E-state index < -0.39 is 6.04 Å². The van der Waals surface area contributed by atoms with Crippen LogP contribution >= 0.6 is 0 Å². The number of urea groups is 1. The van der Waals surface area contributed by atoms with Crippen molar-refractivity contribution < 1.29 is 19.5 Å². The minimum atomic E-state index is -0.619. The summed E-state index contributed by atoms with van der Waals surface area (Å²) in [5.74, 6) is -0.293. The summed E-state index contributed by atoms with van der Waals surface area (Å²) < 4.78 is 0. The van der Waals surface area contributed by atoms with Crippen LogP contribution in [-0.4, -0.2) is 67.0 Å². The van der Waals surface area contributed by atoms with Crippen LogP contribution in [-0.2, 0) is 9.63 Å². The number of nitrogens with one attached hydrogen (secondary N) is 2. The van der Waals surface area contributed by atoms with Crippen LogP contribution in [0, 0.1) is 0 Å². The molecule has 1 atom stereocenters. The Balaban J connectivity index is 2.63. The van der Waals surface area contributed by atoms with Crippen molar-refractivity contribution in [1.29, 1.82) is 0 Å². The molecule has 1 aliphatic rings. The number of unbranched alkanes of at least 4 members (excludes halogenated alkanes) is 2. The summed E-state index contributed by atoms with van der Waals surface area (Å²) in [7, 11) is 1.43. The van der Waals surface area contributed by atoms with Gasteiger partial charge in [-0.15, -0.1) is 0 Å². The average Bonchev–Trinajstić information content (AvgIpc) is 2.93. The van der Waals surface area contributed by atoms with E-state index in [1.165, 1.54) is 12.0 Å². The summed E-state index contributed by atoms with van der Waals surface area (Å²) in [6.07, 6.45) is 3.39. The molecule has 3 N–H and O–H groups in total. The molecule has 3 amide bonds. The molecular weight excluding hydrogens is 288 g/mol. The van der Waals surface area contributed by atoms with Crippen LogP contribution < -0.4 is 10.6 Å². The summed E-state index contributed by atoms with van der Waals surface area (Å²) >= 11 is 0. The van der Waals surface area contributed by atoms with Gasteiger partial charge in [-0.2, -0.15) is 0 Å². The number of amides is 3. The molecular formula is C14H26N4O4. The maximum atomic E-state index is 12.2. The number of aliphatic hydroxyl groups is 1. The summed E-state index contributed by atoms with van der Waals surface area (Å²) in [5, 5.41) is 18.0. The van der Waals surface area contributed by atoms with Crippen LogP contribution in [0.5, 0.6) is 0 Å². The van der Waals surface area contributed by atoms with Gasteiger partial charge in [-0.25, -0.2) is 4.79 Å². The fraction of sp³-hybridized carbons (Fsp3) is 0.786. The number of aliphatic hydroxyl groups excluding tert-OH is 1. The molecule has 0 aromatic rings. The summed E-state index contributed by atoms with van der Waals surface area (Å²) in [4.78, 5) is 30.5. The fourth-order valence-corrected chi connectivity index (χ4v) is 2.32. The Morgan fingerprint density at radius 3 is 2.77 bits per heavy atom. The van der Waals surface area contributed by atoms with Crippen LogP contribution in [0.25, 0.3) is 0 Å². The fourth-order valence-electron chi connectivity index (χ4n) is 2.32. The van der Waals surface area contributed by atoms with Crippen molar-refractivity contribution in [1.82, 2.24) is 15.5 Å². The third kappa shape index (κ3) is 5.51. The SMILES string of the molecule is CCCCCNC(=O)N1CC(=NOC)C[C@H]1C(=O)NCCO. The van der Waals surface area contributed by atoms with E-state index in [0.29, 0.717) is 18.7 Å². The molecule has 1 aliphatic heterocycles. The normalized spacial score (nSPS) is 19.3.